The Morgan fingerprint density at radius 3 is 2.58 bits per heavy atom. The number of aromatic nitrogens is 7. The van der Waals surface area contributed by atoms with Crippen LogP contribution >= 0.6 is 0 Å². The van der Waals surface area contributed by atoms with Crippen LogP contribution in [0.4, 0.5) is 4.39 Å². The first-order valence-corrected chi connectivity index (χ1v) is 9.62. The van der Waals surface area contributed by atoms with Gasteiger partial charge in [0.2, 0.25) is 0 Å². The van der Waals surface area contributed by atoms with Crippen molar-refractivity contribution in [2.24, 2.45) is 0 Å². The lowest BCUT2D eigenvalue weighted by atomic mass is 10.1. The van der Waals surface area contributed by atoms with Crippen LogP contribution in [-0.2, 0) is 0 Å². The summed E-state index contributed by atoms with van der Waals surface area (Å²) in [5.41, 5.74) is 5.98. The molecule has 0 atom stereocenters. The van der Waals surface area contributed by atoms with Gasteiger partial charge >= 0.3 is 0 Å². The highest BCUT2D eigenvalue weighted by molar-refractivity contribution is 5.96. The Hall–Kier alpha value is -4.46. The molecule has 5 heterocycles. The highest BCUT2D eigenvalue weighted by Crippen LogP contribution is 2.31. The van der Waals surface area contributed by atoms with E-state index in [1.54, 1.807) is 30.9 Å². The van der Waals surface area contributed by atoms with Gasteiger partial charge in [0.1, 0.15) is 17.0 Å². The molecule has 0 radical (unpaired) electrons. The van der Waals surface area contributed by atoms with E-state index >= 15 is 0 Å². The molecule has 0 fully saturated rings. The summed E-state index contributed by atoms with van der Waals surface area (Å²) in [7, 11) is 0. The van der Waals surface area contributed by atoms with E-state index in [1.165, 1.54) is 12.1 Å². The van der Waals surface area contributed by atoms with Gasteiger partial charge in [-0.1, -0.05) is 12.1 Å². The number of nitrogens with zero attached hydrogens (tertiary/aromatic N) is 5. The molecule has 5 aromatic heterocycles. The summed E-state index contributed by atoms with van der Waals surface area (Å²) in [6.45, 7) is 0. The van der Waals surface area contributed by atoms with Crippen LogP contribution < -0.4 is 0 Å². The first-order chi connectivity index (χ1) is 15.3. The van der Waals surface area contributed by atoms with Gasteiger partial charge in [-0.2, -0.15) is 5.10 Å². The monoisotopic (exact) mass is 407 g/mol. The number of benzene rings is 1. The van der Waals surface area contributed by atoms with E-state index in [2.05, 4.69) is 30.1 Å². The van der Waals surface area contributed by atoms with E-state index in [0.29, 0.717) is 28.3 Å². The second kappa shape index (κ2) is 6.81. The fourth-order valence-corrected chi connectivity index (χ4v) is 3.67. The molecule has 2 N–H and O–H groups in total. The predicted octanol–water partition coefficient (Wildman–Crippen LogP) is 4.76. The molecule has 0 unspecified atom stereocenters. The number of nitrogens with one attached hydrogen (secondary N) is 2. The van der Waals surface area contributed by atoms with Gasteiger partial charge in [-0.3, -0.25) is 20.1 Å². The number of fused-ring (bicyclic) bond motifs is 2. The van der Waals surface area contributed by atoms with Crippen LogP contribution in [0.2, 0.25) is 0 Å². The van der Waals surface area contributed by atoms with E-state index < -0.39 is 0 Å². The number of rotatable bonds is 3. The summed E-state index contributed by atoms with van der Waals surface area (Å²) >= 11 is 0. The Morgan fingerprint density at radius 2 is 1.71 bits per heavy atom. The molecule has 0 amide bonds. The molecule has 0 aliphatic heterocycles. The summed E-state index contributed by atoms with van der Waals surface area (Å²) in [6.07, 6.45) is 6.90. The third-order valence-corrected chi connectivity index (χ3v) is 5.15. The molecule has 148 valence electrons. The van der Waals surface area contributed by atoms with Gasteiger partial charge < -0.3 is 4.98 Å². The molecule has 8 heteroatoms. The third kappa shape index (κ3) is 2.93. The Bertz CT molecular complexity index is 1550. The van der Waals surface area contributed by atoms with Gasteiger partial charge in [0.15, 0.2) is 5.82 Å². The van der Waals surface area contributed by atoms with Gasteiger partial charge in [0.25, 0.3) is 0 Å². The predicted molar refractivity (Wildman–Crippen MR) is 115 cm³/mol. The standard InChI is InChI=1S/C23H14FN7/c24-15-3-1-2-14(10-15)20-22-17(6-9-26-20)28-23(29-22)21-16-11-18(13-4-7-25-8-5-13)27-12-19(16)30-31-21/h1-12H,(H,28,29)(H,30,31). The zero-order valence-electron chi connectivity index (χ0n) is 16.0. The van der Waals surface area contributed by atoms with Crippen molar-refractivity contribution < 1.29 is 4.39 Å². The highest BCUT2D eigenvalue weighted by atomic mass is 19.1. The maximum Gasteiger partial charge on any atom is 0.159 e. The van der Waals surface area contributed by atoms with E-state index in [9.17, 15) is 4.39 Å². The molecule has 0 spiro atoms. The SMILES string of the molecule is Fc1cccc(-c2nccc3[nH]c(-c4n[nH]c5cnc(-c6ccncc6)cc45)nc23)c1. The number of hydrogen-bond acceptors (Lipinski definition) is 5. The van der Waals surface area contributed by atoms with E-state index in [0.717, 1.165) is 27.7 Å². The van der Waals surface area contributed by atoms with Gasteiger partial charge in [-0.05, 0) is 36.4 Å². The summed E-state index contributed by atoms with van der Waals surface area (Å²) in [5.74, 6) is 0.278. The van der Waals surface area contributed by atoms with E-state index in [1.807, 2.05) is 30.3 Å². The molecule has 0 saturated carbocycles. The molecule has 0 aliphatic carbocycles. The van der Waals surface area contributed by atoms with Crippen molar-refractivity contribution in [2.75, 3.05) is 0 Å². The molecule has 0 bridgehead atoms. The number of pyridine rings is 3. The average Bonchev–Trinajstić information content (AvgIpc) is 3.43. The largest absolute Gasteiger partial charge is 0.336 e. The summed E-state index contributed by atoms with van der Waals surface area (Å²) in [4.78, 5) is 21.1. The van der Waals surface area contributed by atoms with Crippen LogP contribution in [0.5, 0.6) is 0 Å². The van der Waals surface area contributed by atoms with Crippen molar-refractivity contribution in [1.82, 2.24) is 35.1 Å². The van der Waals surface area contributed by atoms with Gasteiger partial charge in [-0.25, -0.2) is 9.37 Å². The first-order valence-electron chi connectivity index (χ1n) is 9.62. The number of hydrogen-bond donors (Lipinski definition) is 2. The first kappa shape index (κ1) is 17.4. The number of imidazole rings is 1. The maximum absolute atomic E-state index is 13.8. The van der Waals surface area contributed by atoms with Crippen molar-refractivity contribution in [2.45, 2.75) is 0 Å². The summed E-state index contributed by atoms with van der Waals surface area (Å²) in [5, 5.41) is 8.36. The van der Waals surface area contributed by atoms with Crippen LogP contribution in [-0.4, -0.2) is 35.1 Å². The van der Waals surface area contributed by atoms with Gasteiger partial charge in [0, 0.05) is 35.1 Å². The number of aromatic amines is 2. The minimum absolute atomic E-state index is 0.318. The smallest absolute Gasteiger partial charge is 0.159 e. The minimum atomic E-state index is -0.318. The molecule has 0 aliphatic rings. The normalized spacial score (nSPS) is 11.4. The van der Waals surface area contributed by atoms with Gasteiger partial charge in [-0.15, -0.1) is 0 Å². The fourth-order valence-electron chi connectivity index (χ4n) is 3.67. The van der Waals surface area contributed by atoms with Crippen molar-refractivity contribution in [1.29, 1.82) is 0 Å². The van der Waals surface area contributed by atoms with Crippen molar-refractivity contribution >= 4 is 21.9 Å². The topological polar surface area (TPSA) is 96.0 Å². The molecular weight excluding hydrogens is 393 g/mol. The van der Waals surface area contributed by atoms with Crippen LogP contribution in [0.15, 0.2) is 73.3 Å². The molecule has 6 rings (SSSR count). The van der Waals surface area contributed by atoms with Crippen molar-refractivity contribution in [3.8, 4) is 34.0 Å². The fraction of sp³-hybridized carbons (Fsp3) is 0. The quantitative estimate of drug-likeness (QED) is 0.441. The number of halogens is 1. The van der Waals surface area contributed by atoms with Crippen LogP contribution in [0.1, 0.15) is 0 Å². The van der Waals surface area contributed by atoms with Crippen LogP contribution in [0.3, 0.4) is 0 Å². The second-order valence-electron chi connectivity index (χ2n) is 7.07. The second-order valence-corrected chi connectivity index (χ2v) is 7.07. The summed E-state index contributed by atoms with van der Waals surface area (Å²) in [6, 6.07) is 14.0. The lowest BCUT2D eigenvalue weighted by Gasteiger charge is -2.01. The molecule has 7 nitrogen and oxygen atoms in total. The number of H-pyrrole nitrogens is 2. The molecule has 6 aromatic rings. The lowest BCUT2D eigenvalue weighted by molar-refractivity contribution is 0.628. The zero-order valence-corrected chi connectivity index (χ0v) is 16.0. The third-order valence-electron chi connectivity index (χ3n) is 5.15. The van der Waals surface area contributed by atoms with Crippen molar-refractivity contribution in [3.63, 3.8) is 0 Å². The Kier molecular flexibility index (Phi) is 3.82. The van der Waals surface area contributed by atoms with Crippen molar-refractivity contribution in [3.05, 3.63) is 79.1 Å². The van der Waals surface area contributed by atoms with Gasteiger partial charge in [0.05, 0.1) is 28.6 Å². The molecule has 0 saturated heterocycles. The summed E-state index contributed by atoms with van der Waals surface area (Å²) < 4.78 is 13.8. The Balaban J connectivity index is 1.52. The molecule has 1 aromatic carbocycles. The molecule has 31 heavy (non-hydrogen) atoms. The highest BCUT2D eigenvalue weighted by Gasteiger charge is 2.17. The average molecular weight is 407 g/mol. The van der Waals surface area contributed by atoms with E-state index in [-0.39, 0.29) is 5.82 Å². The maximum atomic E-state index is 13.8. The van der Waals surface area contributed by atoms with Crippen LogP contribution in [0, 0.1) is 5.82 Å². The van der Waals surface area contributed by atoms with Crippen LogP contribution in [0.25, 0.3) is 56.0 Å². The Labute approximate surface area is 175 Å². The zero-order chi connectivity index (χ0) is 20.8. The van der Waals surface area contributed by atoms with E-state index in [4.69, 9.17) is 4.98 Å². The lowest BCUT2D eigenvalue weighted by Crippen LogP contribution is -1.87. The molecular formula is C23H14FN7. The minimum Gasteiger partial charge on any atom is -0.336 e. The Morgan fingerprint density at radius 1 is 0.806 bits per heavy atom.